The maximum atomic E-state index is 6.45. The predicted molar refractivity (Wildman–Crippen MR) is 89.9 cm³/mol. The van der Waals surface area contributed by atoms with Crippen molar-refractivity contribution in [2.45, 2.75) is 32.7 Å². The van der Waals surface area contributed by atoms with E-state index in [0.29, 0.717) is 0 Å². The van der Waals surface area contributed by atoms with Gasteiger partial charge in [-0.1, -0.05) is 39.7 Å². The summed E-state index contributed by atoms with van der Waals surface area (Å²) in [5.74, 6) is 1.04. The van der Waals surface area contributed by atoms with E-state index in [1.807, 2.05) is 0 Å². The van der Waals surface area contributed by atoms with Crippen LogP contribution >= 0.6 is 15.9 Å². The highest BCUT2D eigenvalue weighted by atomic mass is 79.9. The van der Waals surface area contributed by atoms with Crippen molar-refractivity contribution in [3.05, 3.63) is 62.6 Å². The summed E-state index contributed by atoms with van der Waals surface area (Å²) in [5, 5.41) is 0. The Labute approximate surface area is 134 Å². The minimum Gasteiger partial charge on any atom is -0.493 e. The second-order valence-corrected chi connectivity index (χ2v) is 6.74. The lowest BCUT2D eigenvalue weighted by Gasteiger charge is -2.17. The van der Waals surface area contributed by atoms with Crippen LogP contribution in [0.4, 0.5) is 0 Å². The van der Waals surface area contributed by atoms with Crippen molar-refractivity contribution in [2.24, 2.45) is 5.73 Å². The molecule has 0 aromatic heterocycles. The molecule has 1 atom stereocenters. The molecule has 1 heterocycles. The van der Waals surface area contributed by atoms with Crippen LogP contribution in [0.15, 0.2) is 34.8 Å². The van der Waals surface area contributed by atoms with Gasteiger partial charge >= 0.3 is 0 Å². The smallest absolute Gasteiger partial charge is 0.125 e. The molecule has 3 heteroatoms. The standard InChI is InChI=1S/C18H20BrNO/c1-11-3-4-16(12(2)7-11)17(20)10-14-9-15(19)8-13-5-6-21-18(13)14/h3-4,7-9,17H,5-6,10,20H2,1-2H3. The Bertz CT molecular complexity index is 681. The molecule has 21 heavy (non-hydrogen) atoms. The van der Waals surface area contributed by atoms with Gasteiger partial charge in [-0.15, -0.1) is 0 Å². The second-order valence-electron chi connectivity index (χ2n) is 5.82. The number of rotatable bonds is 3. The van der Waals surface area contributed by atoms with E-state index in [9.17, 15) is 0 Å². The van der Waals surface area contributed by atoms with E-state index < -0.39 is 0 Å². The van der Waals surface area contributed by atoms with E-state index in [1.54, 1.807) is 0 Å². The lowest BCUT2D eigenvalue weighted by molar-refractivity contribution is 0.352. The average molecular weight is 346 g/mol. The van der Waals surface area contributed by atoms with Crippen LogP contribution in [-0.4, -0.2) is 6.61 Å². The number of aryl methyl sites for hydroxylation is 2. The van der Waals surface area contributed by atoms with Crippen LogP contribution in [0.3, 0.4) is 0 Å². The summed E-state index contributed by atoms with van der Waals surface area (Å²) in [6.07, 6.45) is 1.78. The molecule has 3 rings (SSSR count). The van der Waals surface area contributed by atoms with Crippen molar-refractivity contribution in [3.8, 4) is 5.75 Å². The maximum Gasteiger partial charge on any atom is 0.125 e. The number of hydrogen-bond acceptors (Lipinski definition) is 2. The molecule has 0 saturated heterocycles. The minimum absolute atomic E-state index is 0.00630. The highest BCUT2D eigenvalue weighted by Gasteiger charge is 2.20. The summed E-state index contributed by atoms with van der Waals surface area (Å²) in [6.45, 7) is 5.01. The number of halogens is 1. The Kier molecular flexibility index (Phi) is 4.05. The van der Waals surface area contributed by atoms with Crippen LogP contribution in [-0.2, 0) is 12.8 Å². The SMILES string of the molecule is Cc1ccc(C(N)Cc2cc(Br)cc3c2OCC3)c(C)c1. The zero-order chi connectivity index (χ0) is 15.0. The molecule has 1 aliphatic heterocycles. The number of ether oxygens (including phenoxy) is 1. The third-order valence-electron chi connectivity index (χ3n) is 4.09. The van der Waals surface area contributed by atoms with Gasteiger partial charge < -0.3 is 10.5 Å². The van der Waals surface area contributed by atoms with Crippen molar-refractivity contribution < 1.29 is 4.74 Å². The lowest BCUT2D eigenvalue weighted by atomic mass is 9.94. The van der Waals surface area contributed by atoms with Gasteiger partial charge in [0.15, 0.2) is 0 Å². The summed E-state index contributed by atoms with van der Waals surface area (Å²) >= 11 is 3.59. The second kappa shape index (κ2) is 5.82. The van der Waals surface area contributed by atoms with Crippen molar-refractivity contribution >= 4 is 15.9 Å². The summed E-state index contributed by atoms with van der Waals surface area (Å²) in [5.41, 5.74) is 12.7. The molecule has 1 aliphatic rings. The monoisotopic (exact) mass is 345 g/mol. The first-order chi connectivity index (χ1) is 10.0. The molecule has 1 unspecified atom stereocenters. The zero-order valence-electron chi connectivity index (χ0n) is 12.4. The van der Waals surface area contributed by atoms with Gasteiger partial charge in [0.05, 0.1) is 6.61 Å². The highest BCUT2D eigenvalue weighted by Crippen LogP contribution is 2.35. The quantitative estimate of drug-likeness (QED) is 0.902. The van der Waals surface area contributed by atoms with Crippen molar-refractivity contribution in [3.63, 3.8) is 0 Å². The van der Waals surface area contributed by atoms with Gasteiger partial charge in [-0.2, -0.15) is 0 Å². The van der Waals surface area contributed by atoms with Gasteiger partial charge in [0.2, 0.25) is 0 Å². The number of nitrogens with two attached hydrogens (primary N) is 1. The van der Waals surface area contributed by atoms with Gasteiger partial charge in [0, 0.05) is 16.9 Å². The molecule has 2 aromatic rings. The number of fused-ring (bicyclic) bond motifs is 1. The zero-order valence-corrected chi connectivity index (χ0v) is 14.0. The molecule has 0 saturated carbocycles. The normalized spacial score (nSPS) is 14.7. The summed E-state index contributed by atoms with van der Waals surface area (Å²) in [6, 6.07) is 10.7. The summed E-state index contributed by atoms with van der Waals surface area (Å²) in [7, 11) is 0. The van der Waals surface area contributed by atoms with Gasteiger partial charge in [-0.05, 0) is 54.7 Å². The fourth-order valence-corrected chi connectivity index (χ4v) is 3.64. The van der Waals surface area contributed by atoms with Gasteiger partial charge in [0.25, 0.3) is 0 Å². The molecule has 2 N–H and O–H groups in total. The van der Waals surface area contributed by atoms with E-state index in [2.05, 4.69) is 60.1 Å². The van der Waals surface area contributed by atoms with Gasteiger partial charge in [-0.25, -0.2) is 0 Å². The number of benzene rings is 2. The van der Waals surface area contributed by atoms with Crippen LogP contribution in [0, 0.1) is 13.8 Å². The molecular formula is C18H20BrNO. The largest absolute Gasteiger partial charge is 0.493 e. The van der Waals surface area contributed by atoms with Gasteiger partial charge in [-0.3, -0.25) is 0 Å². The van der Waals surface area contributed by atoms with Crippen molar-refractivity contribution in [1.29, 1.82) is 0 Å². The van der Waals surface area contributed by atoms with E-state index in [4.69, 9.17) is 10.5 Å². The Balaban J connectivity index is 1.90. The first-order valence-corrected chi connectivity index (χ1v) is 8.10. The topological polar surface area (TPSA) is 35.2 Å². The molecule has 2 aromatic carbocycles. The Hall–Kier alpha value is -1.32. The summed E-state index contributed by atoms with van der Waals surface area (Å²) < 4.78 is 6.90. The molecular weight excluding hydrogens is 326 g/mol. The van der Waals surface area contributed by atoms with Gasteiger partial charge in [0.1, 0.15) is 5.75 Å². The first-order valence-electron chi connectivity index (χ1n) is 7.31. The Morgan fingerprint density at radius 2 is 2.05 bits per heavy atom. The lowest BCUT2D eigenvalue weighted by Crippen LogP contribution is -2.15. The molecule has 2 nitrogen and oxygen atoms in total. The third kappa shape index (κ3) is 2.99. The Morgan fingerprint density at radius 1 is 1.24 bits per heavy atom. The van der Waals surface area contributed by atoms with Crippen LogP contribution < -0.4 is 10.5 Å². The first kappa shape index (κ1) is 14.6. The molecule has 0 bridgehead atoms. The minimum atomic E-state index is -0.00630. The van der Waals surface area contributed by atoms with Crippen molar-refractivity contribution in [2.75, 3.05) is 6.61 Å². The molecule has 0 aliphatic carbocycles. The molecule has 110 valence electrons. The third-order valence-corrected chi connectivity index (χ3v) is 4.55. The number of hydrogen-bond donors (Lipinski definition) is 1. The fraction of sp³-hybridized carbons (Fsp3) is 0.333. The molecule has 0 spiro atoms. The molecule has 0 radical (unpaired) electrons. The maximum absolute atomic E-state index is 6.45. The average Bonchev–Trinajstić information content (AvgIpc) is 2.86. The van der Waals surface area contributed by atoms with E-state index in [1.165, 1.54) is 27.8 Å². The van der Waals surface area contributed by atoms with Crippen LogP contribution in [0.2, 0.25) is 0 Å². The van der Waals surface area contributed by atoms with Crippen molar-refractivity contribution in [1.82, 2.24) is 0 Å². The highest BCUT2D eigenvalue weighted by molar-refractivity contribution is 9.10. The molecule has 0 amide bonds. The van der Waals surface area contributed by atoms with Crippen LogP contribution in [0.25, 0.3) is 0 Å². The van der Waals surface area contributed by atoms with Crippen LogP contribution in [0.1, 0.15) is 33.9 Å². The van der Waals surface area contributed by atoms with E-state index >= 15 is 0 Å². The Morgan fingerprint density at radius 3 is 2.81 bits per heavy atom. The van der Waals surface area contributed by atoms with E-state index in [-0.39, 0.29) is 6.04 Å². The predicted octanol–water partition coefficient (Wildman–Crippen LogP) is 4.24. The summed E-state index contributed by atoms with van der Waals surface area (Å²) in [4.78, 5) is 0. The molecule has 0 fully saturated rings. The van der Waals surface area contributed by atoms with E-state index in [0.717, 1.165) is 29.7 Å². The van der Waals surface area contributed by atoms with Crippen LogP contribution in [0.5, 0.6) is 5.75 Å². The fourth-order valence-electron chi connectivity index (χ4n) is 3.09.